The molecule has 1 aliphatic heterocycles. The number of aryl methyl sites for hydroxylation is 1. The standard InChI is InChI=1S/C16H23NS/c1-2-9-15-13(6-1)7-5-10-16(15)17-12-14-8-3-4-11-18-14/h1-2,6,9,14,16-17H,3-5,7-8,10-12H2. The Morgan fingerprint density at radius 1 is 1.11 bits per heavy atom. The van der Waals surface area contributed by atoms with E-state index in [1.165, 1.54) is 50.8 Å². The van der Waals surface area contributed by atoms with Gasteiger partial charge in [0.15, 0.2) is 0 Å². The van der Waals surface area contributed by atoms with Crippen molar-refractivity contribution in [3.05, 3.63) is 35.4 Å². The van der Waals surface area contributed by atoms with Gasteiger partial charge in [0, 0.05) is 17.8 Å². The fourth-order valence-corrected chi connectivity index (χ4v) is 4.46. The summed E-state index contributed by atoms with van der Waals surface area (Å²) in [5.41, 5.74) is 3.13. The van der Waals surface area contributed by atoms with Crippen LogP contribution in [0.4, 0.5) is 0 Å². The average molecular weight is 261 g/mol. The third kappa shape index (κ3) is 2.92. The van der Waals surface area contributed by atoms with Crippen molar-refractivity contribution in [2.45, 2.75) is 49.8 Å². The molecule has 0 bridgehead atoms. The molecule has 2 heteroatoms. The van der Waals surface area contributed by atoms with Crippen LogP contribution >= 0.6 is 11.8 Å². The summed E-state index contributed by atoms with van der Waals surface area (Å²) >= 11 is 2.17. The molecule has 18 heavy (non-hydrogen) atoms. The Kier molecular flexibility index (Phi) is 4.27. The topological polar surface area (TPSA) is 12.0 Å². The molecule has 0 saturated carbocycles. The van der Waals surface area contributed by atoms with Gasteiger partial charge < -0.3 is 5.32 Å². The Hall–Kier alpha value is -0.470. The van der Waals surface area contributed by atoms with Gasteiger partial charge in [-0.3, -0.25) is 0 Å². The third-order valence-electron chi connectivity index (χ3n) is 4.24. The largest absolute Gasteiger partial charge is 0.309 e. The van der Waals surface area contributed by atoms with Gasteiger partial charge in [0.1, 0.15) is 0 Å². The highest BCUT2D eigenvalue weighted by atomic mass is 32.2. The molecule has 0 aromatic heterocycles. The van der Waals surface area contributed by atoms with Crippen molar-refractivity contribution in [1.29, 1.82) is 0 Å². The second-order valence-corrected chi connectivity index (χ2v) is 6.95. The second kappa shape index (κ2) is 6.12. The lowest BCUT2D eigenvalue weighted by Gasteiger charge is -2.29. The van der Waals surface area contributed by atoms with Crippen LogP contribution in [0.25, 0.3) is 0 Å². The smallest absolute Gasteiger partial charge is 0.0323 e. The van der Waals surface area contributed by atoms with Crippen LogP contribution in [-0.2, 0) is 6.42 Å². The van der Waals surface area contributed by atoms with E-state index in [1.807, 2.05) is 0 Å². The van der Waals surface area contributed by atoms with Gasteiger partial charge in [0.05, 0.1) is 0 Å². The maximum Gasteiger partial charge on any atom is 0.0323 e. The second-order valence-electron chi connectivity index (χ2n) is 5.54. The van der Waals surface area contributed by atoms with E-state index in [-0.39, 0.29) is 0 Å². The van der Waals surface area contributed by atoms with Crippen LogP contribution in [0.3, 0.4) is 0 Å². The number of nitrogens with one attached hydrogen (secondary N) is 1. The number of hydrogen-bond acceptors (Lipinski definition) is 2. The van der Waals surface area contributed by atoms with Gasteiger partial charge >= 0.3 is 0 Å². The van der Waals surface area contributed by atoms with Gasteiger partial charge in [-0.05, 0) is 49.0 Å². The fourth-order valence-electron chi connectivity index (χ4n) is 3.21. The summed E-state index contributed by atoms with van der Waals surface area (Å²) in [5, 5.41) is 4.68. The summed E-state index contributed by atoms with van der Waals surface area (Å²) in [6.07, 6.45) is 8.19. The quantitative estimate of drug-likeness (QED) is 0.884. The normalized spacial score (nSPS) is 27.8. The molecule has 1 aromatic carbocycles. The van der Waals surface area contributed by atoms with Gasteiger partial charge in [-0.25, -0.2) is 0 Å². The van der Waals surface area contributed by atoms with E-state index in [0.29, 0.717) is 6.04 Å². The zero-order valence-electron chi connectivity index (χ0n) is 11.0. The number of rotatable bonds is 3. The van der Waals surface area contributed by atoms with Crippen molar-refractivity contribution in [3.63, 3.8) is 0 Å². The minimum atomic E-state index is 0.609. The molecule has 2 unspecified atom stereocenters. The Morgan fingerprint density at radius 2 is 2.06 bits per heavy atom. The first kappa shape index (κ1) is 12.6. The zero-order chi connectivity index (χ0) is 12.2. The van der Waals surface area contributed by atoms with E-state index in [9.17, 15) is 0 Å². The van der Waals surface area contributed by atoms with Crippen molar-refractivity contribution in [3.8, 4) is 0 Å². The molecule has 2 aliphatic rings. The molecular formula is C16H23NS. The lowest BCUT2D eigenvalue weighted by Crippen LogP contribution is -2.32. The van der Waals surface area contributed by atoms with E-state index >= 15 is 0 Å². The molecule has 0 spiro atoms. The molecule has 1 nitrogen and oxygen atoms in total. The molecule has 0 amide bonds. The molecule has 1 heterocycles. The molecule has 1 aromatic rings. The van der Waals surface area contributed by atoms with E-state index in [2.05, 4.69) is 41.3 Å². The van der Waals surface area contributed by atoms with Crippen LogP contribution in [0.15, 0.2) is 24.3 Å². The average Bonchev–Trinajstić information content (AvgIpc) is 2.46. The third-order valence-corrected chi connectivity index (χ3v) is 5.63. The van der Waals surface area contributed by atoms with Crippen molar-refractivity contribution in [2.24, 2.45) is 0 Å². The Morgan fingerprint density at radius 3 is 2.94 bits per heavy atom. The maximum atomic E-state index is 3.83. The van der Waals surface area contributed by atoms with Crippen molar-refractivity contribution < 1.29 is 0 Å². The highest BCUT2D eigenvalue weighted by Gasteiger charge is 2.21. The van der Waals surface area contributed by atoms with Crippen molar-refractivity contribution in [2.75, 3.05) is 12.3 Å². The highest BCUT2D eigenvalue weighted by molar-refractivity contribution is 7.99. The summed E-state index contributed by atoms with van der Waals surface area (Å²) in [6, 6.07) is 9.60. The van der Waals surface area contributed by atoms with Crippen LogP contribution in [0.2, 0.25) is 0 Å². The van der Waals surface area contributed by atoms with Crippen molar-refractivity contribution in [1.82, 2.24) is 5.32 Å². The Labute approximate surface area is 115 Å². The van der Waals surface area contributed by atoms with Crippen LogP contribution in [0, 0.1) is 0 Å². The van der Waals surface area contributed by atoms with Crippen LogP contribution in [0.5, 0.6) is 0 Å². The molecule has 1 saturated heterocycles. The number of hydrogen-bond donors (Lipinski definition) is 1. The number of fused-ring (bicyclic) bond motifs is 1. The maximum absolute atomic E-state index is 3.83. The minimum absolute atomic E-state index is 0.609. The van der Waals surface area contributed by atoms with Crippen LogP contribution in [0.1, 0.15) is 49.3 Å². The van der Waals surface area contributed by atoms with Gasteiger partial charge in [0.2, 0.25) is 0 Å². The minimum Gasteiger partial charge on any atom is -0.309 e. The monoisotopic (exact) mass is 261 g/mol. The summed E-state index contributed by atoms with van der Waals surface area (Å²) in [5.74, 6) is 1.37. The molecule has 1 N–H and O–H groups in total. The lowest BCUT2D eigenvalue weighted by molar-refractivity contribution is 0.451. The number of benzene rings is 1. The molecule has 1 fully saturated rings. The first-order valence-electron chi connectivity index (χ1n) is 7.36. The zero-order valence-corrected chi connectivity index (χ0v) is 11.8. The molecule has 0 radical (unpaired) electrons. The van der Waals surface area contributed by atoms with Gasteiger partial charge in [0.25, 0.3) is 0 Å². The summed E-state index contributed by atoms with van der Waals surface area (Å²) < 4.78 is 0. The lowest BCUT2D eigenvalue weighted by atomic mass is 9.87. The van der Waals surface area contributed by atoms with Gasteiger partial charge in [-0.1, -0.05) is 30.7 Å². The predicted octanol–water partition coefficient (Wildman–Crippen LogP) is 3.94. The van der Waals surface area contributed by atoms with E-state index in [4.69, 9.17) is 0 Å². The summed E-state index contributed by atoms with van der Waals surface area (Å²) in [7, 11) is 0. The summed E-state index contributed by atoms with van der Waals surface area (Å²) in [4.78, 5) is 0. The van der Waals surface area contributed by atoms with E-state index in [1.54, 1.807) is 11.1 Å². The van der Waals surface area contributed by atoms with E-state index in [0.717, 1.165) is 5.25 Å². The van der Waals surface area contributed by atoms with Gasteiger partial charge in [-0.15, -0.1) is 0 Å². The molecule has 2 atom stereocenters. The fraction of sp³-hybridized carbons (Fsp3) is 0.625. The summed E-state index contributed by atoms with van der Waals surface area (Å²) in [6.45, 7) is 1.20. The SMILES string of the molecule is c1ccc2c(c1)CCCC2NCC1CCCCS1. The predicted molar refractivity (Wildman–Crippen MR) is 80.2 cm³/mol. The molecule has 98 valence electrons. The Balaban J connectivity index is 1.60. The number of thioether (sulfide) groups is 1. The first-order chi connectivity index (χ1) is 8.93. The highest BCUT2D eigenvalue weighted by Crippen LogP contribution is 2.30. The van der Waals surface area contributed by atoms with Crippen LogP contribution in [-0.4, -0.2) is 17.5 Å². The van der Waals surface area contributed by atoms with Crippen LogP contribution < -0.4 is 5.32 Å². The molecule has 1 aliphatic carbocycles. The van der Waals surface area contributed by atoms with Crippen molar-refractivity contribution >= 4 is 11.8 Å². The van der Waals surface area contributed by atoms with Gasteiger partial charge in [-0.2, -0.15) is 11.8 Å². The van der Waals surface area contributed by atoms with E-state index < -0.39 is 0 Å². The molecular weight excluding hydrogens is 238 g/mol. The first-order valence-corrected chi connectivity index (χ1v) is 8.41. The molecule has 3 rings (SSSR count). The Bertz CT molecular complexity index is 384.